The van der Waals surface area contributed by atoms with Gasteiger partial charge in [-0.1, -0.05) is 17.7 Å². The maximum absolute atomic E-state index is 11.3. The van der Waals surface area contributed by atoms with Crippen molar-refractivity contribution in [2.45, 2.75) is 33.2 Å². The summed E-state index contributed by atoms with van der Waals surface area (Å²) in [5, 5.41) is 1.87. The summed E-state index contributed by atoms with van der Waals surface area (Å²) in [5.41, 5.74) is 2.16. The maximum Gasteiger partial charge on any atom is 0.135 e. The Morgan fingerprint density at radius 2 is 2.06 bits per heavy atom. The first kappa shape index (κ1) is 12.2. The van der Waals surface area contributed by atoms with E-state index < -0.39 is 0 Å². The highest BCUT2D eigenvalue weighted by atomic mass is 35.5. The highest BCUT2D eigenvalue weighted by Gasteiger charge is 2.12. The van der Waals surface area contributed by atoms with Crippen LogP contribution in [0.25, 0.3) is 10.9 Å². The molecular weight excluding hydrogens is 234 g/mol. The van der Waals surface area contributed by atoms with E-state index in [1.807, 2.05) is 18.2 Å². The highest BCUT2D eigenvalue weighted by Crippen LogP contribution is 2.27. The van der Waals surface area contributed by atoms with Gasteiger partial charge in [0.15, 0.2) is 0 Å². The van der Waals surface area contributed by atoms with Crippen molar-refractivity contribution < 1.29 is 4.79 Å². The third kappa shape index (κ3) is 2.37. The minimum Gasteiger partial charge on any atom is -0.342 e. The van der Waals surface area contributed by atoms with E-state index in [0.29, 0.717) is 12.5 Å². The van der Waals surface area contributed by atoms with Crippen LogP contribution in [0.15, 0.2) is 24.3 Å². The summed E-state index contributed by atoms with van der Waals surface area (Å²) in [4.78, 5) is 11.3. The Balaban J connectivity index is 2.66. The first-order valence-corrected chi connectivity index (χ1v) is 6.15. The van der Waals surface area contributed by atoms with Gasteiger partial charge in [0.05, 0.1) is 0 Å². The summed E-state index contributed by atoms with van der Waals surface area (Å²) in [7, 11) is 0. The SMILES string of the molecule is CC(=O)Cc1cc2ccc(Cl)cc2n1C(C)C. The molecule has 1 aromatic carbocycles. The summed E-state index contributed by atoms with van der Waals surface area (Å²) in [5.74, 6) is 0.181. The first-order chi connectivity index (χ1) is 7.99. The second kappa shape index (κ2) is 4.53. The van der Waals surface area contributed by atoms with Crippen molar-refractivity contribution in [3.8, 4) is 0 Å². The van der Waals surface area contributed by atoms with Crippen molar-refractivity contribution in [1.29, 1.82) is 0 Å². The van der Waals surface area contributed by atoms with E-state index in [1.54, 1.807) is 6.92 Å². The number of rotatable bonds is 3. The number of hydrogen-bond acceptors (Lipinski definition) is 1. The van der Waals surface area contributed by atoms with Crippen LogP contribution in [-0.4, -0.2) is 10.4 Å². The molecule has 0 fully saturated rings. The summed E-state index contributed by atoms with van der Waals surface area (Å²) >= 11 is 6.03. The fraction of sp³-hybridized carbons (Fsp3) is 0.357. The standard InChI is InChI=1S/C14H16ClNO/c1-9(2)16-13(6-10(3)17)7-11-4-5-12(15)8-14(11)16/h4-5,7-9H,6H2,1-3H3. The number of fused-ring (bicyclic) bond motifs is 1. The van der Waals surface area contributed by atoms with Gasteiger partial charge in [0.1, 0.15) is 5.78 Å². The van der Waals surface area contributed by atoms with Crippen LogP contribution in [0.5, 0.6) is 0 Å². The van der Waals surface area contributed by atoms with E-state index >= 15 is 0 Å². The monoisotopic (exact) mass is 249 g/mol. The third-order valence-corrected chi connectivity index (χ3v) is 3.07. The van der Waals surface area contributed by atoms with Gasteiger partial charge in [-0.3, -0.25) is 4.79 Å². The number of carbonyl (C=O) groups excluding carboxylic acids is 1. The predicted molar refractivity (Wildman–Crippen MR) is 71.7 cm³/mol. The number of aromatic nitrogens is 1. The average molecular weight is 250 g/mol. The van der Waals surface area contributed by atoms with E-state index in [-0.39, 0.29) is 5.78 Å². The van der Waals surface area contributed by atoms with Crippen LogP contribution in [0.3, 0.4) is 0 Å². The second-order valence-corrected chi connectivity index (χ2v) is 5.12. The van der Waals surface area contributed by atoms with Gasteiger partial charge in [0.25, 0.3) is 0 Å². The molecule has 0 amide bonds. The Morgan fingerprint density at radius 3 is 2.65 bits per heavy atom. The third-order valence-electron chi connectivity index (χ3n) is 2.83. The van der Waals surface area contributed by atoms with Gasteiger partial charge in [-0.25, -0.2) is 0 Å². The van der Waals surface area contributed by atoms with Crippen LogP contribution in [0.1, 0.15) is 32.5 Å². The Hall–Kier alpha value is -1.28. The Bertz CT molecular complexity index is 569. The molecule has 2 aromatic rings. The summed E-state index contributed by atoms with van der Waals surface area (Å²) < 4.78 is 2.18. The molecule has 3 heteroatoms. The number of nitrogens with zero attached hydrogens (tertiary/aromatic N) is 1. The van der Waals surface area contributed by atoms with Crippen molar-refractivity contribution in [1.82, 2.24) is 4.57 Å². The Kier molecular flexibility index (Phi) is 3.25. The molecule has 1 aromatic heterocycles. The van der Waals surface area contributed by atoms with Crippen LogP contribution in [0.4, 0.5) is 0 Å². The molecule has 0 unspecified atom stereocenters. The predicted octanol–water partition coefficient (Wildman–Crippen LogP) is 4.01. The molecule has 0 N–H and O–H groups in total. The molecule has 0 aliphatic heterocycles. The van der Waals surface area contributed by atoms with Crippen LogP contribution in [0, 0.1) is 0 Å². The topological polar surface area (TPSA) is 22.0 Å². The molecule has 0 aliphatic carbocycles. The van der Waals surface area contributed by atoms with Crippen molar-refractivity contribution in [2.75, 3.05) is 0 Å². The molecule has 0 atom stereocenters. The molecule has 1 heterocycles. The minimum absolute atomic E-state index is 0.181. The number of ketones is 1. The van der Waals surface area contributed by atoms with E-state index in [1.165, 1.54) is 0 Å². The highest BCUT2D eigenvalue weighted by molar-refractivity contribution is 6.31. The molecule has 17 heavy (non-hydrogen) atoms. The normalized spacial score (nSPS) is 11.4. The number of hydrogen-bond donors (Lipinski definition) is 0. The lowest BCUT2D eigenvalue weighted by atomic mass is 10.2. The van der Waals surface area contributed by atoms with Crippen LogP contribution in [-0.2, 0) is 11.2 Å². The molecular formula is C14H16ClNO. The zero-order valence-corrected chi connectivity index (χ0v) is 11.1. The second-order valence-electron chi connectivity index (χ2n) is 4.68. The molecule has 2 rings (SSSR count). The lowest BCUT2D eigenvalue weighted by molar-refractivity contribution is -0.116. The van der Waals surface area contributed by atoms with Gasteiger partial charge < -0.3 is 4.57 Å². The Morgan fingerprint density at radius 1 is 1.35 bits per heavy atom. The van der Waals surface area contributed by atoms with Crippen molar-refractivity contribution in [3.05, 3.63) is 35.0 Å². The first-order valence-electron chi connectivity index (χ1n) is 5.78. The van der Waals surface area contributed by atoms with E-state index in [0.717, 1.165) is 21.6 Å². The van der Waals surface area contributed by atoms with E-state index in [9.17, 15) is 4.79 Å². The number of carbonyl (C=O) groups is 1. The van der Waals surface area contributed by atoms with Crippen molar-refractivity contribution >= 4 is 28.3 Å². The molecule has 2 nitrogen and oxygen atoms in total. The number of halogens is 1. The van der Waals surface area contributed by atoms with Crippen molar-refractivity contribution in [2.24, 2.45) is 0 Å². The summed E-state index contributed by atoms with van der Waals surface area (Å²) in [6, 6.07) is 8.24. The molecule has 0 bridgehead atoms. The van der Waals surface area contributed by atoms with E-state index in [2.05, 4.69) is 24.5 Å². The molecule has 0 saturated carbocycles. The van der Waals surface area contributed by atoms with Crippen LogP contribution < -0.4 is 0 Å². The number of Topliss-reactive ketones (excluding diaryl/α,β-unsaturated/α-hetero) is 1. The summed E-state index contributed by atoms with van der Waals surface area (Å²) in [6.45, 7) is 5.85. The molecule has 90 valence electrons. The van der Waals surface area contributed by atoms with Gasteiger partial charge in [-0.05, 0) is 44.4 Å². The lowest BCUT2D eigenvalue weighted by Crippen LogP contribution is -2.08. The molecule has 0 aliphatic rings. The van der Waals surface area contributed by atoms with Gasteiger partial charge in [0, 0.05) is 28.7 Å². The molecule has 0 spiro atoms. The zero-order chi connectivity index (χ0) is 12.6. The van der Waals surface area contributed by atoms with Gasteiger partial charge in [0.2, 0.25) is 0 Å². The molecule has 0 radical (unpaired) electrons. The van der Waals surface area contributed by atoms with Gasteiger partial charge in [-0.15, -0.1) is 0 Å². The Labute approximate surface area is 106 Å². The fourth-order valence-electron chi connectivity index (χ4n) is 2.25. The fourth-order valence-corrected chi connectivity index (χ4v) is 2.42. The largest absolute Gasteiger partial charge is 0.342 e. The zero-order valence-electron chi connectivity index (χ0n) is 10.3. The number of benzene rings is 1. The van der Waals surface area contributed by atoms with Gasteiger partial charge >= 0.3 is 0 Å². The average Bonchev–Trinajstić information content (AvgIpc) is 2.53. The van der Waals surface area contributed by atoms with Gasteiger partial charge in [-0.2, -0.15) is 0 Å². The van der Waals surface area contributed by atoms with Crippen LogP contribution >= 0.6 is 11.6 Å². The minimum atomic E-state index is 0.181. The smallest absolute Gasteiger partial charge is 0.135 e. The summed E-state index contributed by atoms with van der Waals surface area (Å²) in [6.07, 6.45) is 0.477. The van der Waals surface area contributed by atoms with Crippen molar-refractivity contribution in [3.63, 3.8) is 0 Å². The van der Waals surface area contributed by atoms with Crippen LogP contribution in [0.2, 0.25) is 5.02 Å². The molecule has 0 saturated heterocycles. The van der Waals surface area contributed by atoms with E-state index in [4.69, 9.17) is 11.6 Å². The lowest BCUT2D eigenvalue weighted by Gasteiger charge is -2.14. The quantitative estimate of drug-likeness (QED) is 0.806. The maximum atomic E-state index is 11.3.